The third-order valence-corrected chi connectivity index (χ3v) is 7.07. The molecule has 2 heteroatoms. The van der Waals surface area contributed by atoms with Crippen molar-refractivity contribution in [3.8, 4) is 0 Å². The van der Waals surface area contributed by atoms with Gasteiger partial charge in [-0.2, -0.15) is 0 Å². The second-order valence-electron chi connectivity index (χ2n) is 13.2. The van der Waals surface area contributed by atoms with Gasteiger partial charge < -0.3 is 10.6 Å². The molecule has 2 aliphatic rings. The van der Waals surface area contributed by atoms with Crippen molar-refractivity contribution >= 4 is 0 Å². The quantitative estimate of drug-likeness (QED) is 0.548. The average molecular weight is 379 g/mol. The van der Waals surface area contributed by atoms with Gasteiger partial charge in [0.2, 0.25) is 0 Å². The van der Waals surface area contributed by atoms with Crippen LogP contribution in [0.2, 0.25) is 0 Å². The molecule has 27 heavy (non-hydrogen) atoms. The third kappa shape index (κ3) is 7.35. The van der Waals surface area contributed by atoms with Crippen LogP contribution in [0, 0.1) is 23.7 Å². The van der Waals surface area contributed by atoms with Crippen LogP contribution >= 0.6 is 0 Å². The maximum Gasteiger partial charge on any atom is 0.0132 e. The van der Waals surface area contributed by atoms with Gasteiger partial charge in [-0.3, -0.25) is 0 Å². The Balaban J connectivity index is 1.96. The van der Waals surface area contributed by atoms with Gasteiger partial charge in [0.05, 0.1) is 0 Å². The van der Waals surface area contributed by atoms with E-state index in [1.807, 2.05) is 0 Å². The number of nitrogens with one attached hydrogen (secondary N) is 2. The van der Waals surface area contributed by atoms with E-state index in [-0.39, 0.29) is 22.2 Å². The Morgan fingerprint density at radius 1 is 0.667 bits per heavy atom. The van der Waals surface area contributed by atoms with E-state index >= 15 is 0 Å². The molecule has 2 nitrogen and oxygen atoms in total. The maximum atomic E-state index is 3.86. The first-order chi connectivity index (χ1) is 12.1. The van der Waals surface area contributed by atoms with Crippen molar-refractivity contribution in [1.29, 1.82) is 0 Å². The fourth-order valence-electron chi connectivity index (χ4n) is 7.04. The van der Waals surface area contributed by atoms with Crippen molar-refractivity contribution in [3.63, 3.8) is 0 Å². The molecular formula is C25H50N2. The molecule has 0 aliphatic carbocycles. The van der Waals surface area contributed by atoms with E-state index in [1.165, 1.54) is 44.9 Å². The van der Waals surface area contributed by atoms with Gasteiger partial charge in [-0.05, 0) is 118 Å². The lowest BCUT2D eigenvalue weighted by Crippen LogP contribution is -2.58. The summed E-state index contributed by atoms with van der Waals surface area (Å²) in [7, 11) is 0. The molecule has 1 unspecified atom stereocenters. The zero-order valence-corrected chi connectivity index (χ0v) is 20.3. The number of rotatable bonds is 6. The standard InChI is InChI=1S/C25H50N2/c1-18(2)21(13-20-16-24(7,8)27-25(9,10)17-20)12-11-19-14-22(3,4)26-23(5,6)15-19/h18-21,26-27H,11-17H2,1-10H3. The number of hydrogen-bond donors (Lipinski definition) is 2. The summed E-state index contributed by atoms with van der Waals surface area (Å²) in [6.45, 7) is 24.0. The summed E-state index contributed by atoms with van der Waals surface area (Å²) < 4.78 is 0. The van der Waals surface area contributed by atoms with Crippen LogP contribution in [0.3, 0.4) is 0 Å². The van der Waals surface area contributed by atoms with Gasteiger partial charge in [-0.25, -0.2) is 0 Å². The van der Waals surface area contributed by atoms with E-state index < -0.39 is 0 Å². The van der Waals surface area contributed by atoms with E-state index in [4.69, 9.17) is 0 Å². The molecule has 2 fully saturated rings. The zero-order chi connectivity index (χ0) is 20.7. The monoisotopic (exact) mass is 378 g/mol. The molecule has 160 valence electrons. The molecule has 2 rings (SSSR count). The van der Waals surface area contributed by atoms with Crippen LogP contribution in [0.5, 0.6) is 0 Å². The van der Waals surface area contributed by atoms with E-state index in [0.29, 0.717) is 0 Å². The maximum absolute atomic E-state index is 3.86. The molecule has 0 radical (unpaired) electrons. The highest BCUT2D eigenvalue weighted by Gasteiger charge is 2.40. The summed E-state index contributed by atoms with van der Waals surface area (Å²) in [5, 5.41) is 7.71. The highest BCUT2D eigenvalue weighted by atomic mass is 15.1. The molecule has 0 spiro atoms. The Labute approximate surface area is 171 Å². The lowest BCUT2D eigenvalue weighted by molar-refractivity contribution is 0.0933. The van der Waals surface area contributed by atoms with Crippen molar-refractivity contribution in [2.24, 2.45) is 23.7 Å². The molecule has 0 bridgehead atoms. The minimum atomic E-state index is 0.275. The van der Waals surface area contributed by atoms with Crippen LogP contribution in [0.1, 0.15) is 114 Å². The first-order valence-electron chi connectivity index (χ1n) is 11.7. The van der Waals surface area contributed by atoms with Crippen LogP contribution in [0.25, 0.3) is 0 Å². The average Bonchev–Trinajstić information content (AvgIpc) is 2.35. The Hall–Kier alpha value is -0.0800. The van der Waals surface area contributed by atoms with Crippen LogP contribution < -0.4 is 10.6 Å². The first kappa shape index (κ1) is 23.2. The summed E-state index contributed by atoms with van der Waals surface area (Å²) in [4.78, 5) is 0. The molecule has 0 aromatic carbocycles. The van der Waals surface area contributed by atoms with Gasteiger partial charge in [0.15, 0.2) is 0 Å². The van der Waals surface area contributed by atoms with E-state index in [9.17, 15) is 0 Å². The fourth-order valence-corrected chi connectivity index (χ4v) is 7.04. The fraction of sp³-hybridized carbons (Fsp3) is 1.00. The summed E-state index contributed by atoms with van der Waals surface area (Å²) in [5.74, 6) is 3.41. The third-order valence-electron chi connectivity index (χ3n) is 7.07. The summed E-state index contributed by atoms with van der Waals surface area (Å²) in [6, 6.07) is 0. The predicted molar refractivity (Wildman–Crippen MR) is 120 cm³/mol. The number of hydrogen-bond acceptors (Lipinski definition) is 2. The van der Waals surface area contributed by atoms with Gasteiger partial charge in [-0.15, -0.1) is 0 Å². The van der Waals surface area contributed by atoms with Crippen LogP contribution in [0.4, 0.5) is 0 Å². The molecule has 2 aliphatic heterocycles. The van der Waals surface area contributed by atoms with E-state index in [2.05, 4.69) is 79.9 Å². The van der Waals surface area contributed by atoms with Gasteiger partial charge in [0, 0.05) is 22.2 Å². The van der Waals surface area contributed by atoms with Gasteiger partial charge in [0.1, 0.15) is 0 Å². The molecule has 2 N–H and O–H groups in total. The Morgan fingerprint density at radius 3 is 1.41 bits per heavy atom. The normalized spacial score (nSPS) is 29.0. The molecule has 2 heterocycles. The van der Waals surface area contributed by atoms with Crippen molar-refractivity contribution in [3.05, 3.63) is 0 Å². The Morgan fingerprint density at radius 2 is 1.04 bits per heavy atom. The second-order valence-corrected chi connectivity index (χ2v) is 13.2. The largest absolute Gasteiger partial charge is 0.307 e. The van der Waals surface area contributed by atoms with Crippen molar-refractivity contribution in [2.75, 3.05) is 0 Å². The molecule has 0 aromatic heterocycles. The highest BCUT2D eigenvalue weighted by molar-refractivity contribution is 4.98. The summed E-state index contributed by atoms with van der Waals surface area (Å²) in [6.07, 6.45) is 9.56. The Kier molecular flexibility index (Phi) is 6.85. The smallest absolute Gasteiger partial charge is 0.0132 e. The van der Waals surface area contributed by atoms with E-state index in [1.54, 1.807) is 0 Å². The molecule has 0 amide bonds. The molecule has 0 aromatic rings. The van der Waals surface area contributed by atoms with Crippen molar-refractivity contribution in [1.82, 2.24) is 10.6 Å². The first-order valence-corrected chi connectivity index (χ1v) is 11.7. The van der Waals surface area contributed by atoms with Crippen LogP contribution in [-0.2, 0) is 0 Å². The lowest BCUT2D eigenvalue weighted by atomic mass is 9.69. The molecule has 2 saturated heterocycles. The minimum absolute atomic E-state index is 0.275. The van der Waals surface area contributed by atoms with Crippen LogP contribution in [0.15, 0.2) is 0 Å². The topological polar surface area (TPSA) is 24.1 Å². The van der Waals surface area contributed by atoms with E-state index in [0.717, 1.165) is 23.7 Å². The second kappa shape index (κ2) is 7.98. The molecular weight excluding hydrogens is 328 g/mol. The highest BCUT2D eigenvalue weighted by Crippen LogP contribution is 2.41. The van der Waals surface area contributed by atoms with Gasteiger partial charge >= 0.3 is 0 Å². The van der Waals surface area contributed by atoms with Crippen molar-refractivity contribution < 1.29 is 0 Å². The van der Waals surface area contributed by atoms with Crippen LogP contribution in [-0.4, -0.2) is 22.2 Å². The molecule has 0 saturated carbocycles. The van der Waals surface area contributed by atoms with Gasteiger partial charge in [0.25, 0.3) is 0 Å². The zero-order valence-electron chi connectivity index (χ0n) is 20.3. The minimum Gasteiger partial charge on any atom is -0.307 e. The predicted octanol–water partition coefficient (Wildman–Crippen LogP) is 6.54. The van der Waals surface area contributed by atoms with Gasteiger partial charge in [-0.1, -0.05) is 20.3 Å². The Bertz CT molecular complexity index is 455. The molecule has 1 atom stereocenters. The lowest BCUT2D eigenvalue weighted by Gasteiger charge is -2.48. The SMILES string of the molecule is CC(C)C(CCC1CC(C)(C)NC(C)(C)C1)CC1CC(C)(C)NC(C)(C)C1. The summed E-state index contributed by atoms with van der Waals surface area (Å²) in [5.41, 5.74) is 1.11. The van der Waals surface area contributed by atoms with Crippen molar-refractivity contribution in [2.45, 2.75) is 136 Å². The summed E-state index contributed by atoms with van der Waals surface area (Å²) >= 11 is 0. The number of piperidine rings is 2.